The molecule has 1 aliphatic carbocycles. The molecule has 1 saturated carbocycles. The van der Waals surface area contributed by atoms with Crippen LogP contribution in [-0.2, 0) is 4.74 Å². The van der Waals surface area contributed by atoms with Crippen LogP contribution < -0.4 is 5.32 Å². The van der Waals surface area contributed by atoms with Crippen molar-refractivity contribution in [3.05, 3.63) is 23.9 Å². The molecule has 2 aliphatic rings. The van der Waals surface area contributed by atoms with E-state index in [4.69, 9.17) is 4.74 Å². The molecule has 1 unspecified atom stereocenters. The number of carbonyl (C=O) groups excluding carboxylic acids is 1. The second-order valence-electron chi connectivity index (χ2n) is 9.03. The predicted octanol–water partition coefficient (Wildman–Crippen LogP) is 4.76. The first-order chi connectivity index (χ1) is 12.3. The van der Waals surface area contributed by atoms with Gasteiger partial charge in [-0.05, 0) is 70.9 Å². The maximum atomic E-state index is 12.8. The second-order valence-corrected chi connectivity index (χ2v) is 9.03. The summed E-state index contributed by atoms with van der Waals surface area (Å²) in [5.41, 5.74) is 0.954. The average Bonchev–Trinajstić information content (AvgIpc) is 2.99. The van der Waals surface area contributed by atoms with Crippen molar-refractivity contribution in [2.24, 2.45) is 5.41 Å². The molecule has 1 amide bonds. The molecular formula is C21H33N3O2. The van der Waals surface area contributed by atoms with Gasteiger partial charge in [0.25, 0.3) is 0 Å². The van der Waals surface area contributed by atoms with Gasteiger partial charge < -0.3 is 15.0 Å². The summed E-state index contributed by atoms with van der Waals surface area (Å²) in [6.07, 6.45) is 7.23. The molecular weight excluding hydrogens is 326 g/mol. The zero-order valence-corrected chi connectivity index (χ0v) is 16.7. The fraction of sp³-hybridized carbons (Fsp3) is 0.714. The first-order valence-corrected chi connectivity index (χ1v) is 9.94. The summed E-state index contributed by atoms with van der Waals surface area (Å²) in [6, 6.07) is 6.14. The fourth-order valence-corrected chi connectivity index (χ4v) is 4.44. The third-order valence-corrected chi connectivity index (χ3v) is 5.69. The summed E-state index contributed by atoms with van der Waals surface area (Å²) < 4.78 is 5.67. The monoisotopic (exact) mass is 359 g/mol. The Bertz CT molecular complexity index is 632. The Morgan fingerprint density at radius 2 is 2.04 bits per heavy atom. The van der Waals surface area contributed by atoms with Crippen LogP contribution in [0.4, 0.5) is 10.6 Å². The summed E-state index contributed by atoms with van der Waals surface area (Å²) in [7, 11) is 0. The van der Waals surface area contributed by atoms with Crippen LogP contribution in [0.1, 0.15) is 65.0 Å². The molecule has 1 atom stereocenters. The Morgan fingerprint density at radius 1 is 1.31 bits per heavy atom. The van der Waals surface area contributed by atoms with E-state index >= 15 is 0 Å². The normalized spacial score (nSPS) is 22.5. The highest BCUT2D eigenvalue weighted by atomic mass is 16.6. The van der Waals surface area contributed by atoms with Gasteiger partial charge in [0.05, 0.1) is 6.04 Å². The maximum Gasteiger partial charge on any atom is 0.410 e. The molecule has 0 aromatic carbocycles. The Morgan fingerprint density at radius 3 is 2.69 bits per heavy atom. The van der Waals surface area contributed by atoms with Crippen molar-refractivity contribution < 1.29 is 9.53 Å². The van der Waals surface area contributed by atoms with Crippen molar-refractivity contribution in [3.63, 3.8) is 0 Å². The van der Waals surface area contributed by atoms with Gasteiger partial charge in [-0.1, -0.05) is 18.9 Å². The summed E-state index contributed by atoms with van der Waals surface area (Å²) in [5, 5.41) is 3.45. The van der Waals surface area contributed by atoms with Gasteiger partial charge >= 0.3 is 6.09 Å². The van der Waals surface area contributed by atoms with Gasteiger partial charge in [-0.2, -0.15) is 0 Å². The second kappa shape index (κ2) is 7.45. The molecule has 144 valence electrons. The van der Waals surface area contributed by atoms with Crippen LogP contribution in [0.5, 0.6) is 0 Å². The fourth-order valence-electron chi connectivity index (χ4n) is 4.44. The molecule has 1 saturated heterocycles. The summed E-state index contributed by atoms with van der Waals surface area (Å²) in [4.78, 5) is 19.2. The smallest absolute Gasteiger partial charge is 0.410 e. The molecule has 5 heteroatoms. The van der Waals surface area contributed by atoms with Crippen molar-refractivity contribution in [2.75, 3.05) is 18.4 Å². The molecule has 3 rings (SSSR count). The minimum atomic E-state index is -0.463. The minimum Gasteiger partial charge on any atom is -0.444 e. The van der Waals surface area contributed by atoms with Gasteiger partial charge in [0.2, 0.25) is 0 Å². The highest BCUT2D eigenvalue weighted by Gasteiger charge is 2.43. The molecule has 2 heterocycles. The van der Waals surface area contributed by atoms with Crippen molar-refractivity contribution in [2.45, 2.75) is 77.9 Å². The number of aromatic nitrogens is 1. The summed E-state index contributed by atoms with van der Waals surface area (Å²) in [5.74, 6) is 0.875. The molecule has 0 bridgehead atoms. The van der Waals surface area contributed by atoms with Gasteiger partial charge in [-0.3, -0.25) is 0 Å². The van der Waals surface area contributed by atoms with Crippen LogP contribution in [0, 0.1) is 12.3 Å². The number of hydrogen-bond acceptors (Lipinski definition) is 4. The molecule has 1 aliphatic heterocycles. The quantitative estimate of drug-likeness (QED) is 0.845. The lowest BCUT2D eigenvalue weighted by molar-refractivity contribution is -0.00540. The van der Waals surface area contributed by atoms with E-state index in [1.807, 2.05) is 50.8 Å². The number of nitrogens with one attached hydrogen (secondary N) is 1. The van der Waals surface area contributed by atoms with E-state index in [0.717, 1.165) is 37.4 Å². The summed E-state index contributed by atoms with van der Waals surface area (Å²) in [6.45, 7) is 9.29. The lowest BCUT2D eigenvalue weighted by Crippen LogP contribution is -2.53. The summed E-state index contributed by atoms with van der Waals surface area (Å²) >= 11 is 0. The van der Waals surface area contributed by atoms with Gasteiger partial charge in [-0.15, -0.1) is 0 Å². The number of hydrogen-bond donors (Lipinski definition) is 1. The number of nitrogens with zero attached hydrogens (tertiary/aromatic N) is 2. The lowest BCUT2D eigenvalue weighted by Gasteiger charge is -2.45. The SMILES string of the molecule is Cc1cccc(NCC2CC3(CCCC3)CCN2C(=O)OC(C)(C)C)n1. The number of amides is 1. The van der Waals surface area contributed by atoms with E-state index in [0.29, 0.717) is 5.41 Å². The van der Waals surface area contributed by atoms with Crippen LogP contribution in [0.3, 0.4) is 0 Å². The number of aryl methyl sites for hydroxylation is 1. The van der Waals surface area contributed by atoms with Crippen LogP contribution in [-0.4, -0.2) is 40.7 Å². The maximum absolute atomic E-state index is 12.8. The van der Waals surface area contributed by atoms with Crippen molar-refractivity contribution in [3.8, 4) is 0 Å². The van der Waals surface area contributed by atoms with Crippen LogP contribution in [0.15, 0.2) is 18.2 Å². The van der Waals surface area contributed by atoms with Gasteiger partial charge in [0, 0.05) is 18.8 Å². The van der Waals surface area contributed by atoms with Crippen LogP contribution in [0.2, 0.25) is 0 Å². The number of carbonyl (C=O) groups is 1. The topological polar surface area (TPSA) is 54.5 Å². The van der Waals surface area contributed by atoms with Crippen molar-refractivity contribution >= 4 is 11.9 Å². The number of ether oxygens (including phenoxy) is 1. The van der Waals surface area contributed by atoms with E-state index in [1.165, 1.54) is 25.7 Å². The van der Waals surface area contributed by atoms with E-state index in [9.17, 15) is 4.79 Å². The predicted molar refractivity (Wildman–Crippen MR) is 104 cm³/mol. The Balaban J connectivity index is 1.71. The third kappa shape index (κ3) is 4.68. The van der Waals surface area contributed by atoms with Crippen molar-refractivity contribution in [1.29, 1.82) is 0 Å². The van der Waals surface area contributed by atoms with Crippen molar-refractivity contribution in [1.82, 2.24) is 9.88 Å². The highest BCUT2D eigenvalue weighted by Crippen LogP contribution is 2.48. The van der Waals surface area contributed by atoms with Gasteiger partial charge in [-0.25, -0.2) is 9.78 Å². The van der Waals surface area contributed by atoms with E-state index in [2.05, 4.69) is 10.3 Å². The third-order valence-electron chi connectivity index (χ3n) is 5.69. The largest absolute Gasteiger partial charge is 0.444 e. The van der Waals surface area contributed by atoms with Crippen LogP contribution in [0.25, 0.3) is 0 Å². The number of rotatable bonds is 3. The van der Waals surface area contributed by atoms with E-state index in [1.54, 1.807) is 0 Å². The first-order valence-electron chi connectivity index (χ1n) is 9.94. The first kappa shape index (κ1) is 19.0. The number of likely N-dealkylation sites (tertiary alicyclic amines) is 1. The van der Waals surface area contributed by atoms with Gasteiger partial charge in [0.15, 0.2) is 0 Å². The molecule has 5 nitrogen and oxygen atoms in total. The lowest BCUT2D eigenvalue weighted by atomic mass is 9.74. The highest BCUT2D eigenvalue weighted by molar-refractivity contribution is 5.69. The molecule has 26 heavy (non-hydrogen) atoms. The molecule has 0 radical (unpaired) electrons. The zero-order valence-electron chi connectivity index (χ0n) is 16.7. The molecule has 1 aromatic rings. The Hall–Kier alpha value is -1.78. The van der Waals surface area contributed by atoms with E-state index in [-0.39, 0.29) is 12.1 Å². The number of piperidine rings is 1. The molecule has 1 N–H and O–H groups in total. The number of anilines is 1. The minimum absolute atomic E-state index is 0.152. The number of pyridine rings is 1. The van der Waals surface area contributed by atoms with Gasteiger partial charge in [0.1, 0.15) is 11.4 Å². The average molecular weight is 360 g/mol. The van der Waals surface area contributed by atoms with Crippen LogP contribution >= 0.6 is 0 Å². The molecule has 1 aromatic heterocycles. The Labute approximate surface area is 157 Å². The Kier molecular flexibility index (Phi) is 5.44. The molecule has 2 fully saturated rings. The standard InChI is InChI=1S/C21H33N3O2/c1-16-8-7-9-18(23-16)22-15-17-14-21(10-5-6-11-21)12-13-24(17)19(25)26-20(2,3)4/h7-9,17H,5-6,10-15H2,1-4H3,(H,22,23). The van der Waals surface area contributed by atoms with E-state index < -0.39 is 5.60 Å². The molecule has 1 spiro atoms. The zero-order chi connectivity index (χ0) is 18.8.